The summed E-state index contributed by atoms with van der Waals surface area (Å²) in [7, 11) is 0. The van der Waals surface area contributed by atoms with E-state index in [-0.39, 0.29) is 11.4 Å². The van der Waals surface area contributed by atoms with Gasteiger partial charge in [-0.25, -0.2) is 5.43 Å². The summed E-state index contributed by atoms with van der Waals surface area (Å²) in [4.78, 5) is 18.6. The second kappa shape index (κ2) is 7.74. The van der Waals surface area contributed by atoms with Crippen molar-refractivity contribution in [1.82, 2.24) is 10.4 Å². The highest BCUT2D eigenvalue weighted by atomic mass is 16.2. The predicted octanol–water partition coefficient (Wildman–Crippen LogP) is 4.65. The molecule has 0 saturated carbocycles. The molecule has 1 aliphatic heterocycles. The molecule has 1 atom stereocenters. The summed E-state index contributed by atoms with van der Waals surface area (Å²) < 4.78 is 0. The van der Waals surface area contributed by atoms with Crippen LogP contribution in [0.3, 0.4) is 0 Å². The molecule has 2 aromatic rings. The van der Waals surface area contributed by atoms with Crippen LogP contribution < -0.4 is 10.3 Å². The van der Waals surface area contributed by atoms with E-state index < -0.39 is 0 Å². The van der Waals surface area contributed by atoms with Gasteiger partial charge in [0, 0.05) is 35.2 Å². The molecule has 0 radical (unpaired) electrons. The Balaban J connectivity index is 1.87. The molecule has 0 fully saturated rings. The van der Waals surface area contributed by atoms with Crippen LogP contribution in [-0.2, 0) is 0 Å². The second-order valence-corrected chi connectivity index (χ2v) is 8.58. The monoisotopic (exact) mass is 378 g/mol. The van der Waals surface area contributed by atoms with E-state index >= 15 is 0 Å². The number of nitrogens with one attached hydrogen (secondary N) is 1. The molecule has 3 rings (SSSR count). The second-order valence-electron chi connectivity index (χ2n) is 8.58. The summed E-state index contributed by atoms with van der Waals surface area (Å²) in [5.41, 5.74) is 8.11. The minimum atomic E-state index is -0.240. The summed E-state index contributed by atoms with van der Waals surface area (Å²) in [5, 5.41) is 4.18. The van der Waals surface area contributed by atoms with Crippen LogP contribution in [0.1, 0.15) is 74.0 Å². The highest BCUT2D eigenvalue weighted by Crippen LogP contribution is 2.45. The molecule has 2 heterocycles. The standard InChI is InChI=1S/C23H30N4O/c1-15(2)27-21-11-16(3)19(12-20(21)17(4)13-23(27,5)6)14-25-26-22(28)18-7-9-24-10-8-18/h7-12,14-15,17H,13H2,1-6H3,(H,26,28)/b25-14-/t17-/m0/s1. The number of nitrogens with zero attached hydrogens (tertiary/aromatic N) is 3. The van der Waals surface area contributed by atoms with Gasteiger partial charge < -0.3 is 4.90 Å². The molecule has 5 nitrogen and oxygen atoms in total. The van der Waals surface area contributed by atoms with Crippen molar-refractivity contribution in [2.75, 3.05) is 4.90 Å². The van der Waals surface area contributed by atoms with Crippen molar-refractivity contribution in [3.05, 3.63) is 58.9 Å². The number of hydrogen-bond donors (Lipinski definition) is 1. The van der Waals surface area contributed by atoms with Crippen molar-refractivity contribution < 1.29 is 4.79 Å². The van der Waals surface area contributed by atoms with Crippen LogP contribution in [0.2, 0.25) is 0 Å². The van der Waals surface area contributed by atoms with Crippen molar-refractivity contribution in [3.8, 4) is 0 Å². The van der Waals surface area contributed by atoms with E-state index in [4.69, 9.17) is 0 Å². The maximum atomic E-state index is 12.1. The first kappa shape index (κ1) is 20.1. The van der Waals surface area contributed by atoms with Gasteiger partial charge in [0.2, 0.25) is 0 Å². The predicted molar refractivity (Wildman–Crippen MR) is 115 cm³/mol. The third kappa shape index (κ3) is 3.93. The van der Waals surface area contributed by atoms with Gasteiger partial charge >= 0.3 is 0 Å². The Bertz CT molecular complexity index is 887. The van der Waals surface area contributed by atoms with Crippen molar-refractivity contribution >= 4 is 17.8 Å². The first-order chi connectivity index (χ1) is 13.2. The normalized spacial score (nSPS) is 18.4. The fourth-order valence-electron chi connectivity index (χ4n) is 4.46. The molecular formula is C23H30N4O. The zero-order valence-electron chi connectivity index (χ0n) is 17.7. The van der Waals surface area contributed by atoms with Crippen LogP contribution in [0.5, 0.6) is 0 Å². The summed E-state index contributed by atoms with van der Waals surface area (Å²) in [6, 6.07) is 8.25. The highest BCUT2D eigenvalue weighted by molar-refractivity contribution is 5.95. The number of fused-ring (bicyclic) bond motifs is 1. The minimum absolute atomic E-state index is 0.126. The van der Waals surface area contributed by atoms with E-state index in [0.717, 1.165) is 17.5 Å². The topological polar surface area (TPSA) is 57.6 Å². The average molecular weight is 379 g/mol. The van der Waals surface area contributed by atoms with E-state index in [9.17, 15) is 4.79 Å². The summed E-state index contributed by atoms with van der Waals surface area (Å²) >= 11 is 0. The number of aromatic nitrogens is 1. The average Bonchev–Trinajstić information content (AvgIpc) is 2.62. The van der Waals surface area contributed by atoms with Crippen LogP contribution in [0.25, 0.3) is 0 Å². The molecule has 0 saturated heterocycles. The lowest BCUT2D eigenvalue weighted by Crippen LogP contribution is -2.51. The van der Waals surface area contributed by atoms with Gasteiger partial charge in [0.1, 0.15) is 0 Å². The van der Waals surface area contributed by atoms with Crippen molar-refractivity contribution in [3.63, 3.8) is 0 Å². The van der Waals surface area contributed by atoms with Crippen molar-refractivity contribution in [2.45, 2.75) is 65.5 Å². The first-order valence-electron chi connectivity index (χ1n) is 9.88. The number of carbonyl (C=O) groups is 1. The van der Waals surface area contributed by atoms with Gasteiger partial charge in [0.25, 0.3) is 5.91 Å². The van der Waals surface area contributed by atoms with Gasteiger partial charge in [-0.3, -0.25) is 9.78 Å². The van der Waals surface area contributed by atoms with Gasteiger partial charge in [-0.2, -0.15) is 5.10 Å². The van der Waals surface area contributed by atoms with Crippen molar-refractivity contribution in [2.24, 2.45) is 5.10 Å². The fraction of sp³-hybridized carbons (Fsp3) is 0.435. The maximum Gasteiger partial charge on any atom is 0.271 e. The molecule has 28 heavy (non-hydrogen) atoms. The van der Waals surface area contributed by atoms with Crippen LogP contribution in [0, 0.1) is 6.92 Å². The summed E-state index contributed by atoms with van der Waals surface area (Å²) in [6.07, 6.45) is 6.03. The fourth-order valence-corrected chi connectivity index (χ4v) is 4.46. The lowest BCUT2D eigenvalue weighted by Gasteiger charge is -2.50. The Morgan fingerprint density at radius 3 is 2.64 bits per heavy atom. The maximum absolute atomic E-state index is 12.1. The molecule has 1 N–H and O–H groups in total. The van der Waals surface area contributed by atoms with Gasteiger partial charge in [-0.05, 0) is 87.9 Å². The lowest BCUT2D eigenvalue weighted by atomic mass is 9.78. The number of aryl methyl sites for hydroxylation is 1. The minimum Gasteiger partial charge on any atom is -0.364 e. The summed E-state index contributed by atoms with van der Waals surface area (Å²) in [5.74, 6) is 0.231. The molecule has 0 bridgehead atoms. The number of hydrazone groups is 1. The third-order valence-electron chi connectivity index (χ3n) is 5.49. The molecule has 1 aliphatic rings. The molecule has 148 valence electrons. The van der Waals surface area contributed by atoms with E-state index in [1.807, 2.05) is 0 Å². The number of rotatable bonds is 4. The summed E-state index contributed by atoms with van der Waals surface area (Å²) in [6.45, 7) is 13.5. The molecule has 1 aromatic carbocycles. The molecule has 0 unspecified atom stereocenters. The Labute approximate surface area is 167 Å². The quantitative estimate of drug-likeness (QED) is 0.622. The van der Waals surface area contributed by atoms with Gasteiger partial charge in [-0.1, -0.05) is 6.92 Å². The number of anilines is 1. The molecular weight excluding hydrogens is 348 g/mol. The number of pyridine rings is 1. The van der Waals surface area contributed by atoms with E-state index in [0.29, 0.717) is 17.5 Å². The Morgan fingerprint density at radius 2 is 2.00 bits per heavy atom. The van der Waals surface area contributed by atoms with Crippen LogP contribution in [0.15, 0.2) is 41.8 Å². The van der Waals surface area contributed by atoms with Crippen LogP contribution in [0.4, 0.5) is 5.69 Å². The zero-order chi connectivity index (χ0) is 20.5. The van der Waals surface area contributed by atoms with Gasteiger partial charge in [0.05, 0.1) is 6.21 Å². The first-order valence-corrected chi connectivity index (χ1v) is 9.88. The van der Waals surface area contributed by atoms with E-state index in [2.05, 4.69) is 74.1 Å². The van der Waals surface area contributed by atoms with E-state index in [1.165, 1.54) is 11.3 Å². The Morgan fingerprint density at radius 1 is 1.32 bits per heavy atom. The Hall–Kier alpha value is -2.69. The lowest BCUT2D eigenvalue weighted by molar-refractivity contribution is 0.0955. The molecule has 1 amide bonds. The number of hydrogen-bond acceptors (Lipinski definition) is 4. The van der Waals surface area contributed by atoms with Crippen molar-refractivity contribution in [1.29, 1.82) is 0 Å². The van der Waals surface area contributed by atoms with Gasteiger partial charge in [-0.15, -0.1) is 0 Å². The van der Waals surface area contributed by atoms with Crippen LogP contribution in [-0.4, -0.2) is 28.7 Å². The number of benzene rings is 1. The Kier molecular flexibility index (Phi) is 5.54. The number of carbonyl (C=O) groups excluding carboxylic acids is 1. The molecule has 1 aromatic heterocycles. The SMILES string of the molecule is Cc1cc2c(cc1/C=N\NC(=O)c1ccncc1)[C@@H](C)CC(C)(C)N2C(C)C. The molecule has 5 heteroatoms. The van der Waals surface area contributed by atoms with E-state index in [1.54, 1.807) is 30.7 Å². The largest absolute Gasteiger partial charge is 0.364 e. The molecule has 0 spiro atoms. The van der Waals surface area contributed by atoms with Crippen LogP contribution >= 0.6 is 0 Å². The smallest absolute Gasteiger partial charge is 0.271 e. The highest BCUT2D eigenvalue weighted by Gasteiger charge is 2.37. The van der Waals surface area contributed by atoms with Gasteiger partial charge in [0.15, 0.2) is 0 Å². The third-order valence-corrected chi connectivity index (χ3v) is 5.49. The number of amides is 1. The zero-order valence-corrected chi connectivity index (χ0v) is 17.7. The molecule has 0 aliphatic carbocycles.